The van der Waals surface area contributed by atoms with E-state index in [1.165, 1.54) is 6.92 Å². The number of imide groups is 1. The smallest absolute Gasteiger partial charge is 0.314 e. The van der Waals surface area contributed by atoms with Crippen LogP contribution in [0.15, 0.2) is 0 Å². The molecule has 8 heteroatoms. The van der Waals surface area contributed by atoms with Gasteiger partial charge in [-0.05, 0) is 13.6 Å². The molecule has 0 bridgehead atoms. The Labute approximate surface area is 99.0 Å². The van der Waals surface area contributed by atoms with Gasteiger partial charge in [-0.25, -0.2) is 0 Å². The van der Waals surface area contributed by atoms with Crippen molar-refractivity contribution in [1.29, 1.82) is 0 Å². The standard InChI is InChI=1S/C3H5NO2.C3H9N.C3H4O4/c1-3(6)4-2-5;1-3-4-2;4-2(5)1-3(6)7/h2H,1H3,(H,4,5,6);4H,3H2,1-2H3;1H2,(H,4,5)(H,6,7). The summed E-state index contributed by atoms with van der Waals surface area (Å²) in [6.45, 7) is 4.41. The molecule has 0 fully saturated rings. The lowest BCUT2D eigenvalue weighted by molar-refractivity contribution is -0.147. The highest BCUT2D eigenvalue weighted by atomic mass is 16.4. The van der Waals surface area contributed by atoms with Gasteiger partial charge in [0.15, 0.2) is 0 Å². The molecule has 8 nitrogen and oxygen atoms in total. The maximum atomic E-state index is 9.70. The predicted molar refractivity (Wildman–Crippen MR) is 59.4 cm³/mol. The summed E-state index contributed by atoms with van der Waals surface area (Å²) in [5, 5.41) is 20.2. The van der Waals surface area contributed by atoms with E-state index in [0.717, 1.165) is 6.54 Å². The van der Waals surface area contributed by atoms with Crippen LogP contribution in [0.1, 0.15) is 20.3 Å². The zero-order valence-electron chi connectivity index (χ0n) is 10.0. The van der Waals surface area contributed by atoms with Gasteiger partial charge in [0, 0.05) is 6.92 Å². The van der Waals surface area contributed by atoms with E-state index in [1.807, 2.05) is 12.4 Å². The predicted octanol–water partition coefficient (Wildman–Crippen LogP) is -0.950. The van der Waals surface area contributed by atoms with Gasteiger partial charge < -0.3 is 15.5 Å². The van der Waals surface area contributed by atoms with Gasteiger partial charge in [-0.15, -0.1) is 0 Å². The molecule has 0 spiro atoms. The monoisotopic (exact) mass is 250 g/mol. The zero-order valence-corrected chi connectivity index (χ0v) is 10.0. The molecular weight excluding hydrogens is 232 g/mol. The molecule has 0 saturated carbocycles. The van der Waals surface area contributed by atoms with Gasteiger partial charge in [-0.2, -0.15) is 0 Å². The van der Waals surface area contributed by atoms with Gasteiger partial charge in [-0.3, -0.25) is 24.5 Å². The summed E-state index contributed by atoms with van der Waals surface area (Å²) in [4.78, 5) is 37.8. The fourth-order valence-electron chi connectivity index (χ4n) is 0.212. The maximum absolute atomic E-state index is 9.70. The summed E-state index contributed by atoms with van der Waals surface area (Å²) in [6.07, 6.45) is -0.456. The van der Waals surface area contributed by atoms with Crippen molar-refractivity contribution in [3.8, 4) is 0 Å². The molecular formula is C9H18N2O6. The molecule has 0 unspecified atom stereocenters. The molecule has 0 aromatic rings. The second-order valence-electron chi connectivity index (χ2n) is 2.49. The van der Waals surface area contributed by atoms with Gasteiger partial charge in [0.2, 0.25) is 12.3 Å². The van der Waals surface area contributed by atoms with E-state index < -0.39 is 18.4 Å². The van der Waals surface area contributed by atoms with Gasteiger partial charge in [0.1, 0.15) is 6.42 Å². The Balaban J connectivity index is -0.000000180. The van der Waals surface area contributed by atoms with Gasteiger partial charge >= 0.3 is 11.9 Å². The molecule has 4 N–H and O–H groups in total. The average Bonchev–Trinajstić information content (AvgIpc) is 2.16. The van der Waals surface area contributed by atoms with Crippen molar-refractivity contribution < 1.29 is 29.4 Å². The van der Waals surface area contributed by atoms with Crippen LogP contribution in [0.2, 0.25) is 0 Å². The highest BCUT2D eigenvalue weighted by molar-refractivity contribution is 5.88. The Bertz CT molecular complexity index is 228. The molecule has 0 rings (SSSR count). The normalized spacial score (nSPS) is 7.47. The quantitative estimate of drug-likeness (QED) is 0.373. The van der Waals surface area contributed by atoms with Crippen molar-refractivity contribution in [2.75, 3.05) is 13.6 Å². The number of carboxylic acid groups (broad SMARTS) is 2. The molecule has 0 atom stereocenters. The number of rotatable bonds is 4. The maximum Gasteiger partial charge on any atom is 0.314 e. The summed E-state index contributed by atoms with van der Waals surface area (Å²) >= 11 is 0. The van der Waals surface area contributed by atoms with E-state index in [2.05, 4.69) is 12.2 Å². The lowest BCUT2D eigenvalue weighted by atomic mass is 10.5. The number of amides is 2. The molecule has 17 heavy (non-hydrogen) atoms. The van der Waals surface area contributed by atoms with Crippen molar-refractivity contribution in [3.63, 3.8) is 0 Å². The molecule has 0 heterocycles. The van der Waals surface area contributed by atoms with Crippen LogP contribution in [0.5, 0.6) is 0 Å². The zero-order chi connectivity index (χ0) is 14.3. The first-order valence-corrected chi connectivity index (χ1v) is 4.60. The molecule has 0 aliphatic heterocycles. The summed E-state index contributed by atoms with van der Waals surface area (Å²) in [5.74, 6) is -2.95. The van der Waals surface area contributed by atoms with E-state index >= 15 is 0 Å². The minimum absolute atomic E-state index is 0.329. The van der Waals surface area contributed by atoms with Gasteiger partial charge in [-0.1, -0.05) is 6.92 Å². The Hall–Kier alpha value is -1.96. The molecule has 0 saturated heterocycles. The number of hydrogen-bond donors (Lipinski definition) is 4. The van der Waals surface area contributed by atoms with Crippen LogP contribution >= 0.6 is 0 Å². The second kappa shape index (κ2) is 16.5. The summed E-state index contributed by atoms with van der Waals surface area (Å²) in [6, 6.07) is 0. The molecule has 0 aliphatic carbocycles. The lowest BCUT2D eigenvalue weighted by Gasteiger charge is -1.80. The van der Waals surface area contributed by atoms with Crippen molar-refractivity contribution in [2.45, 2.75) is 20.3 Å². The molecule has 0 aromatic heterocycles. The number of aliphatic carboxylic acids is 2. The van der Waals surface area contributed by atoms with Crippen LogP contribution in [-0.4, -0.2) is 48.1 Å². The average molecular weight is 250 g/mol. The van der Waals surface area contributed by atoms with E-state index in [0.29, 0.717) is 6.41 Å². The van der Waals surface area contributed by atoms with Crippen LogP contribution in [0, 0.1) is 0 Å². The molecule has 0 radical (unpaired) electrons. The topological polar surface area (TPSA) is 133 Å². The van der Waals surface area contributed by atoms with Crippen molar-refractivity contribution >= 4 is 24.3 Å². The van der Waals surface area contributed by atoms with Crippen LogP contribution in [0.3, 0.4) is 0 Å². The number of hydrogen-bond acceptors (Lipinski definition) is 5. The Morgan fingerprint density at radius 1 is 1.18 bits per heavy atom. The van der Waals surface area contributed by atoms with Crippen LogP contribution in [0.25, 0.3) is 0 Å². The van der Waals surface area contributed by atoms with E-state index in [4.69, 9.17) is 10.2 Å². The summed E-state index contributed by atoms with van der Waals surface area (Å²) in [5.41, 5.74) is 0. The third kappa shape index (κ3) is 55.8. The van der Waals surface area contributed by atoms with E-state index in [1.54, 1.807) is 0 Å². The highest BCUT2D eigenvalue weighted by Gasteiger charge is 2.01. The minimum atomic E-state index is -1.31. The SMILES string of the molecule is CC(=O)NC=O.CCNC.O=C(O)CC(=O)O. The summed E-state index contributed by atoms with van der Waals surface area (Å²) < 4.78 is 0. The molecule has 100 valence electrons. The fourth-order valence-corrected chi connectivity index (χ4v) is 0.212. The Kier molecular flexibility index (Phi) is 19.8. The van der Waals surface area contributed by atoms with E-state index in [-0.39, 0.29) is 5.91 Å². The second-order valence-corrected chi connectivity index (χ2v) is 2.49. The number of carbonyl (C=O) groups excluding carboxylic acids is 2. The summed E-state index contributed by atoms with van der Waals surface area (Å²) in [7, 11) is 1.93. The van der Waals surface area contributed by atoms with Gasteiger partial charge in [0.05, 0.1) is 0 Å². The number of carbonyl (C=O) groups is 4. The fraction of sp³-hybridized carbons (Fsp3) is 0.556. The minimum Gasteiger partial charge on any atom is -0.481 e. The van der Waals surface area contributed by atoms with Crippen molar-refractivity contribution in [2.24, 2.45) is 0 Å². The van der Waals surface area contributed by atoms with Crippen molar-refractivity contribution in [3.05, 3.63) is 0 Å². The van der Waals surface area contributed by atoms with Gasteiger partial charge in [0.25, 0.3) is 0 Å². The largest absolute Gasteiger partial charge is 0.481 e. The molecule has 2 amide bonds. The van der Waals surface area contributed by atoms with Crippen LogP contribution in [-0.2, 0) is 19.2 Å². The lowest BCUT2D eigenvalue weighted by Crippen LogP contribution is -2.16. The van der Waals surface area contributed by atoms with Crippen molar-refractivity contribution in [1.82, 2.24) is 10.6 Å². The molecule has 0 aliphatic rings. The van der Waals surface area contributed by atoms with E-state index in [9.17, 15) is 19.2 Å². The molecule has 0 aromatic carbocycles. The third-order valence-corrected chi connectivity index (χ3v) is 0.918. The first kappa shape index (κ1) is 20.5. The third-order valence-electron chi connectivity index (χ3n) is 0.918. The first-order valence-electron chi connectivity index (χ1n) is 4.60. The highest BCUT2D eigenvalue weighted by Crippen LogP contribution is 1.74. The Morgan fingerprint density at radius 2 is 1.53 bits per heavy atom. The van der Waals surface area contributed by atoms with Crippen LogP contribution < -0.4 is 10.6 Å². The van der Waals surface area contributed by atoms with Crippen LogP contribution in [0.4, 0.5) is 0 Å². The first-order chi connectivity index (χ1) is 7.81. The number of carboxylic acids is 2. The Morgan fingerprint density at radius 3 is 1.53 bits per heavy atom. The number of nitrogens with one attached hydrogen (secondary N) is 2.